The maximum Gasteiger partial charge on any atom is 0.341 e. The van der Waals surface area contributed by atoms with Gasteiger partial charge in [-0.1, -0.05) is 28.1 Å². The molecule has 0 atom stereocenters. The summed E-state index contributed by atoms with van der Waals surface area (Å²) in [5.74, 6) is -1.86. The number of carboxylic acid groups (broad SMARTS) is 1. The van der Waals surface area contributed by atoms with Gasteiger partial charge in [0, 0.05) is 10.0 Å². The first kappa shape index (κ1) is 19.6. The maximum absolute atomic E-state index is 13.0. The fourth-order valence-electron chi connectivity index (χ4n) is 2.55. The molecular weight excluding hydrogens is 435 g/mol. The first-order valence-corrected chi connectivity index (χ1v) is 8.86. The van der Waals surface area contributed by atoms with Crippen molar-refractivity contribution in [1.82, 2.24) is 10.2 Å². The predicted molar refractivity (Wildman–Crippen MR) is 101 cm³/mol. The zero-order chi connectivity index (χ0) is 20.3. The Balaban J connectivity index is 1.84. The smallest absolute Gasteiger partial charge is 0.341 e. The van der Waals surface area contributed by atoms with Crippen molar-refractivity contribution in [3.8, 4) is 5.75 Å². The lowest BCUT2D eigenvalue weighted by molar-refractivity contribution is -0.139. The number of aliphatic carboxylic acids is 1. The van der Waals surface area contributed by atoms with Crippen molar-refractivity contribution in [3.05, 3.63) is 69.6 Å². The van der Waals surface area contributed by atoms with Crippen molar-refractivity contribution in [2.24, 2.45) is 0 Å². The number of carbonyl (C=O) groups excluding carboxylic acids is 2. The largest absolute Gasteiger partial charge is 0.481 e. The summed E-state index contributed by atoms with van der Waals surface area (Å²) >= 11 is 3.30. The van der Waals surface area contributed by atoms with E-state index in [9.17, 15) is 18.8 Å². The molecule has 144 valence electrons. The van der Waals surface area contributed by atoms with Crippen molar-refractivity contribution in [3.63, 3.8) is 0 Å². The number of carboxylic acids is 1. The zero-order valence-electron chi connectivity index (χ0n) is 14.3. The summed E-state index contributed by atoms with van der Waals surface area (Å²) in [7, 11) is 0. The molecule has 0 radical (unpaired) electrons. The van der Waals surface area contributed by atoms with Gasteiger partial charge in [-0.25, -0.2) is 14.0 Å². The average Bonchev–Trinajstić information content (AvgIpc) is 2.90. The summed E-state index contributed by atoms with van der Waals surface area (Å²) in [4.78, 5) is 36.5. The molecule has 1 aliphatic heterocycles. The van der Waals surface area contributed by atoms with E-state index in [0.29, 0.717) is 15.6 Å². The van der Waals surface area contributed by atoms with Gasteiger partial charge in [0.2, 0.25) is 0 Å². The fraction of sp³-hybridized carbons (Fsp3) is 0.105. The second kappa shape index (κ2) is 8.22. The van der Waals surface area contributed by atoms with Crippen molar-refractivity contribution < 1.29 is 28.6 Å². The molecule has 1 heterocycles. The van der Waals surface area contributed by atoms with Crippen LogP contribution in [0.5, 0.6) is 5.75 Å². The molecule has 2 aromatic carbocycles. The molecule has 2 N–H and O–H groups in total. The highest BCUT2D eigenvalue weighted by Crippen LogP contribution is 2.27. The first-order chi connectivity index (χ1) is 13.3. The summed E-state index contributed by atoms with van der Waals surface area (Å²) in [6.07, 6.45) is 1.41. The number of rotatable bonds is 6. The van der Waals surface area contributed by atoms with Crippen LogP contribution in [0.1, 0.15) is 11.1 Å². The first-order valence-electron chi connectivity index (χ1n) is 8.06. The van der Waals surface area contributed by atoms with Gasteiger partial charge in [0.25, 0.3) is 5.91 Å². The van der Waals surface area contributed by atoms with Crippen LogP contribution in [-0.4, -0.2) is 34.5 Å². The molecule has 9 heteroatoms. The van der Waals surface area contributed by atoms with Crippen molar-refractivity contribution in [1.29, 1.82) is 0 Å². The number of nitrogens with one attached hydrogen (secondary N) is 1. The van der Waals surface area contributed by atoms with Crippen molar-refractivity contribution in [2.45, 2.75) is 6.54 Å². The van der Waals surface area contributed by atoms with E-state index in [0.717, 1.165) is 4.90 Å². The standard InChI is InChI=1S/C19H14BrFN2O5/c20-13-3-6-16(28-10-17(24)25)12(7-13)8-15-18(26)23(19(27)22-15)9-11-1-4-14(21)5-2-11/h1-8H,9-10H2,(H,22,27)(H,24,25)/b15-8-. The van der Waals surface area contributed by atoms with Gasteiger partial charge in [0.05, 0.1) is 6.54 Å². The maximum atomic E-state index is 13.0. The van der Waals surface area contributed by atoms with Gasteiger partial charge in [-0.2, -0.15) is 0 Å². The van der Waals surface area contributed by atoms with Crippen LogP contribution in [0.15, 0.2) is 52.6 Å². The summed E-state index contributed by atoms with van der Waals surface area (Å²) in [5.41, 5.74) is 1.03. The molecule has 0 unspecified atom stereocenters. The molecule has 7 nitrogen and oxygen atoms in total. The molecule has 0 spiro atoms. The van der Waals surface area contributed by atoms with Crippen LogP contribution >= 0.6 is 15.9 Å². The third-order valence-electron chi connectivity index (χ3n) is 3.84. The van der Waals surface area contributed by atoms with Gasteiger partial charge in [-0.3, -0.25) is 9.69 Å². The normalized spacial score (nSPS) is 15.1. The predicted octanol–water partition coefficient (Wildman–Crippen LogP) is 3.14. The molecule has 2 aromatic rings. The molecule has 0 aromatic heterocycles. The van der Waals surface area contributed by atoms with Crippen LogP contribution in [-0.2, 0) is 16.1 Å². The molecule has 0 bridgehead atoms. The molecular formula is C19H14BrFN2O5. The number of benzene rings is 2. The summed E-state index contributed by atoms with van der Waals surface area (Å²) in [6.45, 7) is -0.558. The lowest BCUT2D eigenvalue weighted by atomic mass is 10.1. The second-order valence-electron chi connectivity index (χ2n) is 5.87. The Labute approximate surface area is 167 Å². The topological polar surface area (TPSA) is 95.9 Å². The Morgan fingerprint density at radius 2 is 1.93 bits per heavy atom. The third-order valence-corrected chi connectivity index (χ3v) is 4.33. The van der Waals surface area contributed by atoms with E-state index in [1.807, 2.05) is 0 Å². The van der Waals surface area contributed by atoms with E-state index in [2.05, 4.69) is 21.2 Å². The van der Waals surface area contributed by atoms with Gasteiger partial charge in [0.15, 0.2) is 6.61 Å². The average molecular weight is 449 g/mol. The molecule has 3 amide bonds. The Morgan fingerprint density at radius 1 is 1.21 bits per heavy atom. The summed E-state index contributed by atoms with van der Waals surface area (Å²) < 4.78 is 18.9. The highest BCUT2D eigenvalue weighted by Gasteiger charge is 2.33. The second-order valence-corrected chi connectivity index (χ2v) is 6.79. The summed E-state index contributed by atoms with van der Waals surface area (Å²) in [5, 5.41) is 11.3. The van der Waals surface area contributed by atoms with Crippen LogP contribution in [0.2, 0.25) is 0 Å². The lowest BCUT2D eigenvalue weighted by Crippen LogP contribution is -2.30. The monoisotopic (exact) mass is 448 g/mol. The summed E-state index contributed by atoms with van der Waals surface area (Å²) in [6, 6.07) is 9.71. The zero-order valence-corrected chi connectivity index (χ0v) is 15.9. The number of nitrogens with zero attached hydrogens (tertiary/aromatic N) is 1. The van der Waals surface area contributed by atoms with Gasteiger partial charge < -0.3 is 15.2 Å². The molecule has 1 fully saturated rings. The van der Waals surface area contributed by atoms with E-state index in [4.69, 9.17) is 9.84 Å². The Hall–Kier alpha value is -3.20. The number of imide groups is 1. The number of halogens is 2. The highest BCUT2D eigenvalue weighted by atomic mass is 79.9. The van der Waals surface area contributed by atoms with E-state index >= 15 is 0 Å². The van der Waals surface area contributed by atoms with Crippen LogP contribution < -0.4 is 10.1 Å². The Bertz CT molecular complexity index is 975. The number of ether oxygens (including phenoxy) is 1. The van der Waals surface area contributed by atoms with Crippen LogP contribution in [0.4, 0.5) is 9.18 Å². The van der Waals surface area contributed by atoms with Crippen molar-refractivity contribution in [2.75, 3.05) is 6.61 Å². The molecule has 0 saturated carbocycles. The lowest BCUT2D eigenvalue weighted by Gasteiger charge is -2.11. The minimum absolute atomic E-state index is 0.0108. The van der Waals surface area contributed by atoms with E-state index in [-0.39, 0.29) is 18.0 Å². The minimum atomic E-state index is -1.14. The quantitative estimate of drug-likeness (QED) is 0.522. The molecule has 28 heavy (non-hydrogen) atoms. The number of urea groups is 1. The van der Waals surface area contributed by atoms with Gasteiger partial charge >= 0.3 is 12.0 Å². The van der Waals surface area contributed by atoms with Crippen LogP contribution in [0.25, 0.3) is 6.08 Å². The number of hydrogen-bond donors (Lipinski definition) is 2. The van der Waals surface area contributed by atoms with Gasteiger partial charge in [0.1, 0.15) is 17.3 Å². The van der Waals surface area contributed by atoms with E-state index in [1.54, 1.807) is 18.2 Å². The Morgan fingerprint density at radius 3 is 2.61 bits per heavy atom. The van der Waals surface area contributed by atoms with Crippen LogP contribution in [0, 0.1) is 5.82 Å². The van der Waals surface area contributed by atoms with E-state index < -0.39 is 30.3 Å². The minimum Gasteiger partial charge on any atom is -0.481 e. The SMILES string of the molecule is O=C(O)COc1ccc(Br)cc1/C=C1\NC(=O)N(Cc2ccc(F)cc2)C1=O. The van der Waals surface area contributed by atoms with Gasteiger partial charge in [-0.05, 0) is 42.0 Å². The molecule has 3 rings (SSSR count). The third kappa shape index (κ3) is 4.55. The van der Waals surface area contributed by atoms with Crippen LogP contribution in [0.3, 0.4) is 0 Å². The fourth-order valence-corrected chi connectivity index (χ4v) is 2.92. The van der Waals surface area contributed by atoms with E-state index in [1.165, 1.54) is 30.3 Å². The number of hydrogen-bond acceptors (Lipinski definition) is 4. The number of amides is 3. The Kier molecular flexibility index (Phi) is 5.74. The molecule has 1 saturated heterocycles. The highest BCUT2D eigenvalue weighted by molar-refractivity contribution is 9.10. The molecule has 0 aliphatic carbocycles. The van der Waals surface area contributed by atoms with Gasteiger partial charge in [-0.15, -0.1) is 0 Å². The molecule has 1 aliphatic rings. The van der Waals surface area contributed by atoms with Crippen molar-refractivity contribution >= 4 is 39.9 Å². The number of carbonyl (C=O) groups is 3.